The molecule has 14 heavy (non-hydrogen) atoms. The number of hydrogen-bond acceptors (Lipinski definition) is 2. The van der Waals surface area contributed by atoms with Crippen LogP contribution in [0.1, 0.15) is 46.0 Å². The van der Waals surface area contributed by atoms with E-state index >= 15 is 0 Å². The lowest BCUT2D eigenvalue weighted by Crippen LogP contribution is -2.22. The molecule has 1 N–H and O–H groups in total. The van der Waals surface area contributed by atoms with Crippen molar-refractivity contribution in [1.82, 2.24) is 5.32 Å². The molecule has 78 valence electrons. The van der Waals surface area contributed by atoms with Crippen LogP contribution in [0.5, 0.6) is 0 Å². The number of hydrogen-bond donors (Lipinski definition) is 1. The zero-order valence-corrected chi connectivity index (χ0v) is 8.85. The van der Waals surface area contributed by atoms with Crippen molar-refractivity contribution in [2.45, 2.75) is 46.0 Å². The molecule has 1 aliphatic heterocycles. The highest BCUT2D eigenvalue weighted by Crippen LogP contribution is 2.18. The summed E-state index contributed by atoms with van der Waals surface area (Å²) in [6, 6.07) is 0. The van der Waals surface area contributed by atoms with Crippen LogP contribution in [0.15, 0.2) is 11.1 Å². The summed E-state index contributed by atoms with van der Waals surface area (Å²) >= 11 is 0. The van der Waals surface area contributed by atoms with Gasteiger partial charge in [0.1, 0.15) is 0 Å². The standard InChI is InChI=1S/C11H17NO2/c1-3-4-5-6-7-9-8(2)10(13)12-11(9)14/h3-7H2,1-2H3,(H,12,13,14). The fourth-order valence-electron chi connectivity index (χ4n) is 1.61. The van der Waals surface area contributed by atoms with E-state index in [0.717, 1.165) is 19.3 Å². The van der Waals surface area contributed by atoms with Crippen molar-refractivity contribution in [3.8, 4) is 0 Å². The van der Waals surface area contributed by atoms with Gasteiger partial charge in [0.25, 0.3) is 11.8 Å². The fourth-order valence-corrected chi connectivity index (χ4v) is 1.61. The van der Waals surface area contributed by atoms with E-state index in [1.807, 2.05) is 0 Å². The minimum atomic E-state index is -0.222. The van der Waals surface area contributed by atoms with Gasteiger partial charge in [-0.1, -0.05) is 26.2 Å². The molecule has 0 aromatic rings. The molecule has 0 radical (unpaired) electrons. The second kappa shape index (κ2) is 4.94. The number of unbranched alkanes of at least 4 members (excludes halogenated alkanes) is 3. The Labute approximate surface area is 84.6 Å². The molecule has 0 fully saturated rings. The first-order chi connectivity index (χ1) is 6.66. The molecule has 3 heteroatoms. The predicted octanol–water partition coefficient (Wildman–Crippen LogP) is 1.93. The van der Waals surface area contributed by atoms with Crippen molar-refractivity contribution in [3.05, 3.63) is 11.1 Å². The van der Waals surface area contributed by atoms with Crippen molar-refractivity contribution in [2.75, 3.05) is 0 Å². The molecule has 2 amide bonds. The van der Waals surface area contributed by atoms with Crippen LogP contribution in [-0.2, 0) is 9.59 Å². The summed E-state index contributed by atoms with van der Waals surface area (Å²) < 4.78 is 0. The minimum absolute atomic E-state index is 0.191. The van der Waals surface area contributed by atoms with Crippen LogP contribution in [0, 0.1) is 0 Å². The molecule has 1 aliphatic rings. The van der Waals surface area contributed by atoms with Crippen molar-refractivity contribution in [2.24, 2.45) is 0 Å². The summed E-state index contributed by atoms with van der Waals surface area (Å²) in [4.78, 5) is 22.4. The molecule has 0 spiro atoms. The summed E-state index contributed by atoms with van der Waals surface area (Å²) in [5.41, 5.74) is 1.29. The highest BCUT2D eigenvalue weighted by molar-refractivity contribution is 6.19. The average Bonchev–Trinajstić information content (AvgIpc) is 2.38. The van der Waals surface area contributed by atoms with Crippen LogP contribution in [0.25, 0.3) is 0 Å². The highest BCUT2D eigenvalue weighted by Gasteiger charge is 2.25. The van der Waals surface area contributed by atoms with Gasteiger partial charge in [-0.25, -0.2) is 0 Å². The maximum atomic E-state index is 11.3. The lowest BCUT2D eigenvalue weighted by atomic mass is 10.0. The zero-order valence-electron chi connectivity index (χ0n) is 8.85. The van der Waals surface area contributed by atoms with Gasteiger partial charge < -0.3 is 0 Å². The Morgan fingerprint density at radius 3 is 2.29 bits per heavy atom. The van der Waals surface area contributed by atoms with Crippen LogP contribution in [-0.4, -0.2) is 11.8 Å². The van der Waals surface area contributed by atoms with Crippen molar-refractivity contribution >= 4 is 11.8 Å². The van der Waals surface area contributed by atoms with Crippen LogP contribution in [0.4, 0.5) is 0 Å². The van der Waals surface area contributed by atoms with E-state index in [1.165, 1.54) is 12.8 Å². The minimum Gasteiger partial charge on any atom is -0.289 e. The topological polar surface area (TPSA) is 46.2 Å². The smallest absolute Gasteiger partial charge is 0.254 e. The molecule has 0 bridgehead atoms. The van der Waals surface area contributed by atoms with Gasteiger partial charge in [-0.15, -0.1) is 0 Å². The third-order valence-corrected chi connectivity index (χ3v) is 2.57. The Balaban J connectivity index is 2.43. The molecule has 0 unspecified atom stereocenters. The Bertz CT molecular complexity index is 279. The van der Waals surface area contributed by atoms with Gasteiger partial charge in [0.15, 0.2) is 0 Å². The van der Waals surface area contributed by atoms with E-state index in [1.54, 1.807) is 6.92 Å². The van der Waals surface area contributed by atoms with Crippen LogP contribution < -0.4 is 5.32 Å². The van der Waals surface area contributed by atoms with E-state index in [-0.39, 0.29) is 11.8 Å². The Morgan fingerprint density at radius 2 is 1.79 bits per heavy atom. The first kappa shape index (κ1) is 11.0. The number of imide groups is 1. The molecule has 0 aromatic heterocycles. The second-order valence-electron chi connectivity index (χ2n) is 3.70. The summed E-state index contributed by atoms with van der Waals surface area (Å²) in [6.07, 6.45) is 5.25. The molecule has 3 nitrogen and oxygen atoms in total. The summed E-state index contributed by atoms with van der Waals surface area (Å²) in [5, 5.41) is 2.31. The Morgan fingerprint density at radius 1 is 1.07 bits per heavy atom. The van der Waals surface area contributed by atoms with Crippen molar-refractivity contribution < 1.29 is 9.59 Å². The molecular weight excluding hydrogens is 178 g/mol. The Kier molecular flexibility index (Phi) is 3.86. The quantitative estimate of drug-likeness (QED) is 0.538. The van der Waals surface area contributed by atoms with Gasteiger partial charge in [0.05, 0.1) is 0 Å². The van der Waals surface area contributed by atoms with Crippen molar-refractivity contribution in [1.29, 1.82) is 0 Å². The van der Waals surface area contributed by atoms with Gasteiger partial charge in [-0.2, -0.15) is 0 Å². The predicted molar refractivity (Wildman–Crippen MR) is 54.6 cm³/mol. The molecule has 0 saturated heterocycles. The summed E-state index contributed by atoms with van der Waals surface area (Å²) in [6.45, 7) is 3.87. The number of amides is 2. The van der Waals surface area contributed by atoms with Crippen LogP contribution in [0.2, 0.25) is 0 Å². The SMILES string of the molecule is CCCCCCC1=C(C)C(=O)NC1=O. The normalized spacial score (nSPS) is 16.4. The average molecular weight is 195 g/mol. The van der Waals surface area contributed by atoms with Gasteiger partial charge in [0.2, 0.25) is 0 Å². The largest absolute Gasteiger partial charge is 0.289 e. The first-order valence-electron chi connectivity index (χ1n) is 5.22. The molecular formula is C11H17NO2. The molecule has 0 aromatic carbocycles. The maximum absolute atomic E-state index is 11.3. The van der Waals surface area contributed by atoms with E-state index in [0.29, 0.717) is 11.1 Å². The summed E-state index contributed by atoms with van der Waals surface area (Å²) in [7, 11) is 0. The van der Waals surface area contributed by atoms with Gasteiger partial charge >= 0.3 is 0 Å². The maximum Gasteiger partial charge on any atom is 0.254 e. The number of carbonyl (C=O) groups is 2. The van der Waals surface area contributed by atoms with E-state index < -0.39 is 0 Å². The van der Waals surface area contributed by atoms with Gasteiger partial charge in [0, 0.05) is 11.1 Å². The van der Waals surface area contributed by atoms with Gasteiger partial charge in [-0.05, 0) is 19.8 Å². The third kappa shape index (κ3) is 2.44. The highest BCUT2D eigenvalue weighted by atomic mass is 16.2. The molecule has 1 rings (SSSR count). The zero-order chi connectivity index (χ0) is 10.6. The lowest BCUT2D eigenvalue weighted by Gasteiger charge is -2.00. The summed E-state index contributed by atoms with van der Waals surface area (Å²) in [5.74, 6) is -0.413. The third-order valence-electron chi connectivity index (χ3n) is 2.57. The van der Waals surface area contributed by atoms with Crippen LogP contribution in [0.3, 0.4) is 0 Å². The molecule has 1 heterocycles. The fraction of sp³-hybridized carbons (Fsp3) is 0.636. The first-order valence-corrected chi connectivity index (χ1v) is 5.22. The molecule has 0 saturated carbocycles. The second-order valence-corrected chi connectivity index (χ2v) is 3.70. The van der Waals surface area contributed by atoms with E-state index in [2.05, 4.69) is 12.2 Å². The molecule has 0 aliphatic carbocycles. The molecule has 0 atom stereocenters. The monoisotopic (exact) mass is 195 g/mol. The van der Waals surface area contributed by atoms with E-state index in [9.17, 15) is 9.59 Å². The van der Waals surface area contributed by atoms with Crippen LogP contribution >= 0.6 is 0 Å². The van der Waals surface area contributed by atoms with Crippen molar-refractivity contribution in [3.63, 3.8) is 0 Å². The lowest BCUT2D eigenvalue weighted by molar-refractivity contribution is -0.124. The van der Waals surface area contributed by atoms with Gasteiger partial charge in [-0.3, -0.25) is 14.9 Å². The number of rotatable bonds is 5. The number of nitrogens with one attached hydrogen (secondary N) is 1. The number of carbonyl (C=O) groups excluding carboxylic acids is 2. The Hall–Kier alpha value is -1.12. The van der Waals surface area contributed by atoms with E-state index in [4.69, 9.17) is 0 Å².